The van der Waals surface area contributed by atoms with E-state index in [4.69, 9.17) is 5.73 Å². The summed E-state index contributed by atoms with van der Waals surface area (Å²) in [5.41, 5.74) is 4.00. The summed E-state index contributed by atoms with van der Waals surface area (Å²) < 4.78 is 13.2. The highest BCUT2D eigenvalue weighted by Gasteiger charge is 2.55. The first kappa shape index (κ1) is 16.4. The maximum atomic E-state index is 13.2. The number of aliphatic hydroxyl groups is 1. The molecular formula is C13H16FN3O4S. The predicted molar refractivity (Wildman–Crippen MR) is 76.5 cm³/mol. The third-order valence-corrected chi connectivity index (χ3v) is 4.36. The fraction of sp³-hybridized carbons (Fsp3) is 0.462. The number of thiophene rings is 1. The van der Waals surface area contributed by atoms with Crippen molar-refractivity contribution in [2.24, 2.45) is 11.1 Å². The Balaban J connectivity index is 1.74. The zero-order chi connectivity index (χ0) is 16.3. The summed E-state index contributed by atoms with van der Waals surface area (Å²) in [6.07, 6.45) is -0.253. The zero-order valence-corrected chi connectivity index (χ0v) is 12.4. The average molecular weight is 329 g/mol. The third-order valence-electron chi connectivity index (χ3n) is 3.48. The molecule has 7 nitrogen and oxygen atoms in total. The van der Waals surface area contributed by atoms with Crippen molar-refractivity contribution < 1.29 is 23.9 Å². The summed E-state index contributed by atoms with van der Waals surface area (Å²) >= 11 is 0.953. The SMILES string of the molecule is NC(=O)C1(C(=O)NCC(O)CNC(=O)c2sccc2F)CC1. The topological polar surface area (TPSA) is 122 Å². The Kier molecular flexibility index (Phi) is 4.77. The lowest BCUT2D eigenvalue weighted by Gasteiger charge is -2.15. The minimum absolute atomic E-state index is 0.0677. The molecule has 1 aliphatic rings. The molecule has 9 heteroatoms. The van der Waals surface area contributed by atoms with E-state index >= 15 is 0 Å². The summed E-state index contributed by atoms with van der Waals surface area (Å²) in [6.45, 7) is -0.291. The number of nitrogens with one attached hydrogen (secondary N) is 2. The summed E-state index contributed by atoms with van der Waals surface area (Å²) in [4.78, 5) is 34.5. The van der Waals surface area contributed by atoms with Crippen LogP contribution in [0.2, 0.25) is 0 Å². The highest BCUT2D eigenvalue weighted by molar-refractivity contribution is 7.12. The van der Waals surface area contributed by atoms with Crippen LogP contribution in [0.25, 0.3) is 0 Å². The quantitative estimate of drug-likeness (QED) is 0.497. The molecule has 1 heterocycles. The normalized spacial score (nSPS) is 16.6. The van der Waals surface area contributed by atoms with Crippen molar-refractivity contribution in [2.75, 3.05) is 13.1 Å². The number of amides is 3. The van der Waals surface area contributed by atoms with Gasteiger partial charge < -0.3 is 21.5 Å². The molecule has 2 rings (SSSR count). The van der Waals surface area contributed by atoms with Gasteiger partial charge in [-0.25, -0.2) is 4.39 Å². The molecule has 0 aliphatic heterocycles. The number of carbonyl (C=O) groups excluding carboxylic acids is 3. The van der Waals surface area contributed by atoms with Gasteiger partial charge in [0, 0.05) is 13.1 Å². The van der Waals surface area contributed by atoms with Crippen molar-refractivity contribution >= 4 is 29.1 Å². The number of halogens is 1. The van der Waals surface area contributed by atoms with Gasteiger partial charge in [-0.05, 0) is 24.3 Å². The van der Waals surface area contributed by atoms with Crippen molar-refractivity contribution in [1.82, 2.24) is 10.6 Å². The minimum Gasteiger partial charge on any atom is -0.389 e. The van der Waals surface area contributed by atoms with Crippen LogP contribution in [0.1, 0.15) is 22.5 Å². The van der Waals surface area contributed by atoms with E-state index in [1.807, 2.05) is 0 Å². The monoisotopic (exact) mass is 329 g/mol. The molecule has 3 amide bonds. The number of primary amides is 1. The molecule has 1 aromatic heterocycles. The number of rotatable bonds is 7. The van der Waals surface area contributed by atoms with Gasteiger partial charge in [0.05, 0.1) is 6.10 Å². The Morgan fingerprint density at radius 3 is 2.50 bits per heavy atom. The standard InChI is InChI=1S/C13H16FN3O4S/c14-8-1-4-22-9(8)10(19)16-5-7(18)6-17-12(21)13(2-3-13)11(15)20/h1,4,7,18H,2-3,5-6H2,(H2,15,20)(H,16,19)(H,17,21). The molecule has 0 aromatic carbocycles. The number of hydrogen-bond donors (Lipinski definition) is 4. The van der Waals surface area contributed by atoms with Crippen LogP contribution in [0.4, 0.5) is 4.39 Å². The van der Waals surface area contributed by atoms with E-state index in [-0.39, 0.29) is 18.0 Å². The lowest BCUT2D eigenvalue weighted by molar-refractivity contribution is -0.135. The predicted octanol–water partition coefficient (Wildman–Crippen LogP) is -0.640. The van der Waals surface area contributed by atoms with Gasteiger partial charge in [-0.15, -0.1) is 11.3 Å². The van der Waals surface area contributed by atoms with E-state index in [2.05, 4.69) is 10.6 Å². The van der Waals surface area contributed by atoms with Crippen LogP contribution in [-0.4, -0.2) is 42.0 Å². The van der Waals surface area contributed by atoms with Crippen LogP contribution in [0, 0.1) is 11.2 Å². The Labute approximate surface area is 129 Å². The van der Waals surface area contributed by atoms with Gasteiger partial charge in [-0.2, -0.15) is 0 Å². The Morgan fingerprint density at radius 1 is 1.36 bits per heavy atom. The molecule has 120 valence electrons. The Hall–Kier alpha value is -2.00. The maximum absolute atomic E-state index is 13.2. The molecule has 1 atom stereocenters. The third kappa shape index (κ3) is 3.42. The summed E-state index contributed by atoms with van der Waals surface area (Å²) in [6, 6.07) is 1.18. The molecular weight excluding hydrogens is 313 g/mol. The number of aliphatic hydroxyl groups excluding tert-OH is 1. The molecule has 0 radical (unpaired) electrons. The van der Waals surface area contributed by atoms with E-state index in [0.29, 0.717) is 12.8 Å². The van der Waals surface area contributed by atoms with Gasteiger partial charge in [0.1, 0.15) is 16.1 Å². The van der Waals surface area contributed by atoms with Crippen molar-refractivity contribution in [1.29, 1.82) is 0 Å². The van der Waals surface area contributed by atoms with Crippen molar-refractivity contribution in [3.8, 4) is 0 Å². The average Bonchev–Trinajstić information content (AvgIpc) is 3.19. The fourth-order valence-electron chi connectivity index (χ4n) is 1.91. The van der Waals surface area contributed by atoms with E-state index < -0.39 is 35.1 Å². The first-order valence-corrected chi connectivity index (χ1v) is 7.52. The maximum Gasteiger partial charge on any atom is 0.264 e. The number of hydrogen-bond acceptors (Lipinski definition) is 5. The van der Waals surface area contributed by atoms with Crippen LogP contribution in [0.15, 0.2) is 11.4 Å². The largest absolute Gasteiger partial charge is 0.389 e. The van der Waals surface area contributed by atoms with Crippen LogP contribution < -0.4 is 16.4 Å². The lowest BCUT2D eigenvalue weighted by Crippen LogP contribution is -2.45. The second-order valence-electron chi connectivity index (χ2n) is 5.12. The Bertz CT molecular complexity index is 600. The molecule has 22 heavy (non-hydrogen) atoms. The summed E-state index contributed by atoms with van der Waals surface area (Å²) in [5.74, 6) is -2.45. The van der Waals surface area contributed by atoms with Gasteiger partial charge in [-0.3, -0.25) is 14.4 Å². The molecule has 1 aromatic rings. The molecule has 0 spiro atoms. The smallest absolute Gasteiger partial charge is 0.264 e. The van der Waals surface area contributed by atoms with Gasteiger partial charge >= 0.3 is 0 Å². The Morgan fingerprint density at radius 2 is 2.00 bits per heavy atom. The number of carbonyl (C=O) groups is 3. The minimum atomic E-state index is -1.15. The first-order chi connectivity index (χ1) is 10.4. The van der Waals surface area contributed by atoms with Gasteiger partial charge in [0.15, 0.2) is 0 Å². The molecule has 5 N–H and O–H groups in total. The highest BCUT2D eigenvalue weighted by Crippen LogP contribution is 2.45. The molecule has 1 fully saturated rings. The van der Waals surface area contributed by atoms with E-state index in [9.17, 15) is 23.9 Å². The highest BCUT2D eigenvalue weighted by atomic mass is 32.1. The fourth-order valence-corrected chi connectivity index (χ4v) is 2.59. The number of nitrogens with two attached hydrogens (primary N) is 1. The van der Waals surface area contributed by atoms with Crippen molar-refractivity contribution in [2.45, 2.75) is 18.9 Å². The van der Waals surface area contributed by atoms with Gasteiger partial charge in [0.25, 0.3) is 5.91 Å². The molecule has 0 bridgehead atoms. The van der Waals surface area contributed by atoms with Crippen molar-refractivity contribution in [3.63, 3.8) is 0 Å². The van der Waals surface area contributed by atoms with Crippen molar-refractivity contribution in [3.05, 3.63) is 22.1 Å². The summed E-state index contributed by atoms with van der Waals surface area (Å²) in [7, 11) is 0. The molecule has 1 aliphatic carbocycles. The van der Waals surface area contributed by atoms with Crippen LogP contribution in [0.5, 0.6) is 0 Å². The lowest BCUT2D eigenvalue weighted by atomic mass is 10.1. The van der Waals surface area contributed by atoms with Gasteiger partial charge in [-0.1, -0.05) is 0 Å². The van der Waals surface area contributed by atoms with Crippen LogP contribution in [0.3, 0.4) is 0 Å². The van der Waals surface area contributed by atoms with Crippen LogP contribution >= 0.6 is 11.3 Å². The first-order valence-electron chi connectivity index (χ1n) is 6.64. The molecule has 1 saturated carbocycles. The zero-order valence-electron chi connectivity index (χ0n) is 11.6. The molecule has 1 unspecified atom stereocenters. The second-order valence-corrected chi connectivity index (χ2v) is 6.03. The molecule has 0 saturated heterocycles. The summed E-state index contributed by atoms with van der Waals surface area (Å²) in [5, 5.41) is 15.9. The van der Waals surface area contributed by atoms with E-state index in [0.717, 1.165) is 11.3 Å². The van der Waals surface area contributed by atoms with E-state index in [1.165, 1.54) is 11.4 Å². The van der Waals surface area contributed by atoms with Crippen LogP contribution in [-0.2, 0) is 9.59 Å². The van der Waals surface area contributed by atoms with Gasteiger partial charge in [0.2, 0.25) is 11.8 Å². The second kappa shape index (κ2) is 6.41. The van der Waals surface area contributed by atoms with E-state index in [1.54, 1.807) is 0 Å².